The van der Waals surface area contributed by atoms with E-state index in [-0.39, 0.29) is 5.09 Å². The summed E-state index contributed by atoms with van der Waals surface area (Å²) in [6.07, 6.45) is 0. The SMILES string of the molecule is Cc1ccc(O[N+](=O)Oc2ccc(C)c(Br)c2)cc1Br. The van der Waals surface area contributed by atoms with Crippen LogP contribution in [0, 0.1) is 18.8 Å². The largest absolute Gasteiger partial charge is 0.489 e. The molecule has 0 saturated heterocycles. The highest BCUT2D eigenvalue weighted by molar-refractivity contribution is 9.10. The normalized spacial score (nSPS) is 10.2. The molecule has 0 fully saturated rings. The number of rotatable bonds is 4. The van der Waals surface area contributed by atoms with E-state index in [2.05, 4.69) is 31.9 Å². The van der Waals surface area contributed by atoms with Crippen LogP contribution < -0.4 is 9.68 Å². The zero-order valence-electron chi connectivity index (χ0n) is 10.9. The van der Waals surface area contributed by atoms with E-state index in [1.165, 1.54) is 0 Å². The Morgan fingerprint density at radius 2 is 1.25 bits per heavy atom. The second kappa shape index (κ2) is 6.37. The van der Waals surface area contributed by atoms with E-state index in [1.807, 2.05) is 26.0 Å². The summed E-state index contributed by atoms with van der Waals surface area (Å²) in [7, 11) is 0. The van der Waals surface area contributed by atoms with E-state index in [9.17, 15) is 4.91 Å². The molecule has 0 saturated carbocycles. The van der Waals surface area contributed by atoms with Crippen LogP contribution in [0.5, 0.6) is 11.5 Å². The van der Waals surface area contributed by atoms with Crippen LogP contribution in [-0.4, -0.2) is 5.09 Å². The number of hydrogen-bond donors (Lipinski definition) is 0. The first-order valence-corrected chi connectivity index (χ1v) is 7.40. The van der Waals surface area contributed by atoms with E-state index in [0.29, 0.717) is 11.5 Å². The van der Waals surface area contributed by atoms with Crippen LogP contribution in [-0.2, 0) is 0 Å². The van der Waals surface area contributed by atoms with E-state index in [4.69, 9.17) is 9.68 Å². The van der Waals surface area contributed by atoms with Gasteiger partial charge >= 0.3 is 5.09 Å². The third-order valence-electron chi connectivity index (χ3n) is 2.65. The molecule has 0 aliphatic heterocycles. The third-order valence-corrected chi connectivity index (χ3v) is 4.36. The standard InChI is InChI=1S/C14H12Br2NO3/c1-9-3-5-11(7-13(9)15)19-17(18)20-12-6-4-10(2)14(16)8-12/h3-8H,1-2H3/q+1. The molecule has 0 spiro atoms. The fourth-order valence-corrected chi connectivity index (χ4v) is 2.17. The van der Waals surface area contributed by atoms with Gasteiger partial charge in [0, 0.05) is 21.1 Å². The molecule has 0 amide bonds. The predicted octanol–water partition coefficient (Wildman–Crippen LogP) is 4.90. The zero-order valence-corrected chi connectivity index (χ0v) is 14.1. The highest BCUT2D eigenvalue weighted by Gasteiger charge is 2.17. The maximum Gasteiger partial charge on any atom is 0.489 e. The second-order valence-corrected chi connectivity index (χ2v) is 5.94. The van der Waals surface area contributed by atoms with Crippen molar-refractivity contribution in [1.29, 1.82) is 0 Å². The Bertz CT molecular complexity index is 603. The van der Waals surface area contributed by atoms with Gasteiger partial charge in [-0.1, -0.05) is 44.0 Å². The van der Waals surface area contributed by atoms with Crippen LogP contribution in [0.15, 0.2) is 45.3 Å². The first kappa shape index (κ1) is 15.0. The van der Waals surface area contributed by atoms with Gasteiger partial charge in [-0.05, 0) is 37.1 Å². The molecule has 0 radical (unpaired) electrons. The van der Waals surface area contributed by atoms with E-state index in [0.717, 1.165) is 20.1 Å². The smallest absolute Gasteiger partial charge is 0.145 e. The maximum absolute atomic E-state index is 11.6. The highest BCUT2D eigenvalue weighted by atomic mass is 79.9. The van der Waals surface area contributed by atoms with Crippen molar-refractivity contribution in [2.45, 2.75) is 13.8 Å². The van der Waals surface area contributed by atoms with Crippen molar-refractivity contribution in [3.05, 3.63) is 61.4 Å². The molecule has 0 bridgehead atoms. The summed E-state index contributed by atoms with van der Waals surface area (Å²) in [5.74, 6) is 0.785. The van der Waals surface area contributed by atoms with Crippen LogP contribution in [0.2, 0.25) is 0 Å². The van der Waals surface area contributed by atoms with Gasteiger partial charge < -0.3 is 0 Å². The summed E-state index contributed by atoms with van der Waals surface area (Å²) in [4.78, 5) is 21.7. The second-order valence-electron chi connectivity index (χ2n) is 4.23. The van der Waals surface area contributed by atoms with Gasteiger partial charge in [-0.3, -0.25) is 0 Å². The monoisotopic (exact) mass is 400 g/mol. The van der Waals surface area contributed by atoms with Crippen molar-refractivity contribution in [3.63, 3.8) is 0 Å². The van der Waals surface area contributed by atoms with Crippen molar-refractivity contribution < 1.29 is 14.8 Å². The van der Waals surface area contributed by atoms with Crippen molar-refractivity contribution in [2.24, 2.45) is 0 Å². The molecule has 4 nitrogen and oxygen atoms in total. The molecule has 2 aromatic carbocycles. The molecule has 2 rings (SSSR count). The van der Waals surface area contributed by atoms with Crippen molar-refractivity contribution >= 4 is 31.9 Å². The average Bonchev–Trinajstić information content (AvgIpc) is 2.38. The summed E-state index contributed by atoms with van der Waals surface area (Å²) in [5, 5.41) is 0.0776. The number of halogens is 2. The third kappa shape index (κ3) is 3.80. The number of hydrogen-bond acceptors (Lipinski definition) is 3. The van der Waals surface area contributed by atoms with Gasteiger partial charge in [0.25, 0.3) is 0 Å². The summed E-state index contributed by atoms with van der Waals surface area (Å²) < 4.78 is 1.72. The van der Waals surface area contributed by atoms with Gasteiger partial charge in [0.1, 0.15) is 4.91 Å². The Morgan fingerprint density at radius 1 is 0.850 bits per heavy atom. The molecule has 0 N–H and O–H groups in total. The molecule has 2 aromatic rings. The lowest BCUT2D eigenvalue weighted by molar-refractivity contribution is -0.920. The van der Waals surface area contributed by atoms with Gasteiger partial charge in [-0.2, -0.15) is 0 Å². The van der Waals surface area contributed by atoms with Crippen LogP contribution in [0.25, 0.3) is 0 Å². The molecule has 0 unspecified atom stereocenters. The lowest BCUT2D eigenvalue weighted by atomic mass is 10.2. The first-order valence-electron chi connectivity index (χ1n) is 5.81. The molecule has 0 heterocycles. The minimum absolute atomic E-state index is 0.0776. The van der Waals surface area contributed by atoms with Crippen LogP contribution in [0.3, 0.4) is 0 Å². The molecule has 0 aliphatic rings. The highest BCUT2D eigenvalue weighted by Crippen LogP contribution is 2.24. The fraction of sp³-hybridized carbons (Fsp3) is 0.143. The van der Waals surface area contributed by atoms with Crippen molar-refractivity contribution in [3.8, 4) is 11.5 Å². The molecule has 104 valence electrons. The molecule has 0 atom stereocenters. The van der Waals surface area contributed by atoms with E-state index in [1.54, 1.807) is 24.3 Å². The Labute approximate surface area is 133 Å². The molecule has 0 aromatic heterocycles. The minimum Gasteiger partial charge on any atom is -0.145 e. The Kier molecular flexibility index (Phi) is 4.77. The Morgan fingerprint density at radius 3 is 1.60 bits per heavy atom. The zero-order chi connectivity index (χ0) is 14.7. The predicted molar refractivity (Wildman–Crippen MR) is 82.6 cm³/mol. The van der Waals surface area contributed by atoms with Gasteiger partial charge in [-0.25, -0.2) is 0 Å². The maximum atomic E-state index is 11.6. The lowest BCUT2D eigenvalue weighted by Crippen LogP contribution is -2.17. The van der Waals surface area contributed by atoms with Crippen LogP contribution >= 0.6 is 31.9 Å². The summed E-state index contributed by atoms with van der Waals surface area (Å²) in [6, 6.07) is 10.5. The molecule has 0 aliphatic carbocycles. The quantitative estimate of drug-likeness (QED) is 0.684. The molecular weight excluding hydrogens is 390 g/mol. The van der Waals surface area contributed by atoms with Crippen molar-refractivity contribution in [2.75, 3.05) is 0 Å². The lowest BCUT2D eigenvalue weighted by Gasteiger charge is -2.00. The molecule has 20 heavy (non-hydrogen) atoms. The fourth-order valence-electron chi connectivity index (χ4n) is 1.45. The first-order chi connectivity index (χ1) is 9.45. The van der Waals surface area contributed by atoms with E-state index >= 15 is 0 Å². The molecular formula is C14H12Br2NO3+. The Balaban J connectivity index is 2.04. The molecule has 6 heteroatoms. The van der Waals surface area contributed by atoms with E-state index < -0.39 is 0 Å². The van der Waals surface area contributed by atoms with Gasteiger partial charge in [0.2, 0.25) is 11.5 Å². The van der Waals surface area contributed by atoms with Crippen LogP contribution in [0.4, 0.5) is 0 Å². The summed E-state index contributed by atoms with van der Waals surface area (Å²) in [6.45, 7) is 3.90. The van der Waals surface area contributed by atoms with Gasteiger partial charge in [0.05, 0.1) is 0 Å². The Hall–Kier alpha value is -1.40. The van der Waals surface area contributed by atoms with Gasteiger partial charge in [0.15, 0.2) is 0 Å². The number of nitrogens with zero attached hydrogens (tertiary/aromatic N) is 1. The number of benzene rings is 2. The topological polar surface area (TPSA) is 38.5 Å². The van der Waals surface area contributed by atoms with Gasteiger partial charge in [-0.15, -0.1) is 9.68 Å². The average molecular weight is 402 g/mol. The minimum atomic E-state index is 0.0776. The summed E-state index contributed by atoms with van der Waals surface area (Å²) in [5.41, 5.74) is 2.11. The van der Waals surface area contributed by atoms with Crippen LogP contribution in [0.1, 0.15) is 11.1 Å². The van der Waals surface area contributed by atoms with Crippen molar-refractivity contribution in [1.82, 2.24) is 0 Å². The number of aryl methyl sites for hydroxylation is 2. The summed E-state index contributed by atoms with van der Waals surface area (Å²) >= 11 is 6.75.